The van der Waals surface area contributed by atoms with E-state index >= 15 is 0 Å². The van der Waals surface area contributed by atoms with Crippen LogP contribution in [0, 0.1) is 25.5 Å². The Balaban J connectivity index is 2.47. The Bertz CT molecular complexity index is 703. The molecule has 0 unspecified atom stereocenters. The van der Waals surface area contributed by atoms with Crippen molar-refractivity contribution in [2.75, 3.05) is 0 Å². The highest BCUT2D eigenvalue weighted by Crippen LogP contribution is 2.23. The highest BCUT2D eigenvalue weighted by Gasteiger charge is 2.24. The number of benzene rings is 1. The Hall–Kier alpha value is -1.76. The fourth-order valence-corrected chi connectivity index (χ4v) is 3.30. The van der Waals surface area contributed by atoms with Crippen LogP contribution in [-0.2, 0) is 15.6 Å². The summed E-state index contributed by atoms with van der Waals surface area (Å²) in [7, 11) is -4.00. The molecule has 1 aromatic carbocycles. The molecule has 0 aliphatic heterocycles. The van der Waals surface area contributed by atoms with E-state index in [1.807, 2.05) is 0 Å². The Morgan fingerprint density at radius 1 is 1.26 bits per heavy atom. The second-order valence-electron chi connectivity index (χ2n) is 4.14. The third kappa shape index (κ3) is 2.65. The fourth-order valence-electron chi connectivity index (χ4n) is 1.69. The van der Waals surface area contributed by atoms with Gasteiger partial charge in [-0.05, 0) is 32.0 Å². The van der Waals surface area contributed by atoms with Crippen LogP contribution in [0.1, 0.15) is 17.0 Å². The smallest absolute Gasteiger partial charge is 0.185 e. The number of hydrogen-bond acceptors (Lipinski definition) is 4. The molecule has 0 N–H and O–H groups in total. The molecule has 4 nitrogen and oxygen atoms in total. The monoisotopic (exact) mass is 287 g/mol. The lowest BCUT2D eigenvalue weighted by atomic mass is 10.2. The van der Waals surface area contributed by atoms with E-state index in [2.05, 4.69) is 5.16 Å². The van der Waals surface area contributed by atoms with E-state index in [1.54, 1.807) is 13.8 Å². The molecule has 2 rings (SSSR count). The molecular weight excluding hydrogens is 276 g/mol. The van der Waals surface area contributed by atoms with Crippen molar-refractivity contribution in [3.8, 4) is 0 Å². The van der Waals surface area contributed by atoms with E-state index < -0.39 is 32.1 Å². The molecule has 0 aliphatic rings. The molecule has 7 heteroatoms. The van der Waals surface area contributed by atoms with Gasteiger partial charge in [-0.2, -0.15) is 0 Å². The van der Waals surface area contributed by atoms with Gasteiger partial charge in [0.05, 0.1) is 11.4 Å². The zero-order chi connectivity index (χ0) is 14.2. The number of sulfone groups is 1. The third-order valence-corrected chi connectivity index (χ3v) is 4.40. The van der Waals surface area contributed by atoms with Crippen molar-refractivity contribution in [1.82, 2.24) is 5.16 Å². The van der Waals surface area contributed by atoms with Gasteiger partial charge in [0.15, 0.2) is 9.84 Å². The van der Waals surface area contributed by atoms with Gasteiger partial charge in [-0.1, -0.05) is 5.16 Å². The molecule has 1 aromatic heterocycles. The second-order valence-corrected chi connectivity index (χ2v) is 6.09. The molecule has 102 valence electrons. The summed E-state index contributed by atoms with van der Waals surface area (Å²) in [6.07, 6.45) is 0. The molecule has 0 bridgehead atoms. The molecule has 0 saturated heterocycles. The molecule has 0 fully saturated rings. The average molecular weight is 287 g/mol. The van der Waals surface area contributed by atoms with Crippen LogP contribution in [0.4, 0.5) is 8.78 Å². The Morgan fingerprint density at radius 3 is 2.53 bits per heavy atom. The van der Waals surface area contributed by atoms with Gasteiger partial charge in [-0.15, -0.1) is 0 Å². The SMILES string of the molecule is Cc1noc(C)c1CS(=O)(=O)c1cc(F)ccc1F. The van der Waals surface area contributed by atoms with E-state index in [9.17, 15) is 17.2 Å². The lowest BCUT2D eigenvalue weighted by Crippen LogP contribution is -2.09. The standard InChI is InChI=1S/C12H11F2NO3S/c1-7-10(8(2)18-15-7)6-19(16,17)12-5-9(13)3-4-11(12)14/h3-5H,6H2,1-2H3. The van der Waals surface area contributed by atoms with Gasteiger partial charge < -0.3 is 4.52 Å². The van der Waals surface area contributed by atoms with E-state index in [0.717, 1.165) is 12.1 Å². The first-order valence-electron chi connectivity index (χ1n) is 5.41. The van der Waals surface area contributed by atoms with Crippen LogP contribution >= 0.6 is 0 Å². The molecule has 0 aliphatic carbocycles. The van der Waals surface area contributed by atoms with Crippen molar-refractivity contribution in [3.05, 3.63) is 46.9 Å². The van der Waals surface area contributed by atoms with Crippen LogP contribution in [0.15, 0.2) is 27.6 Å². The first-order chi connectivity index (χ1) is 8.81. The van der Waals surface area contributed by atoms with E-state index in [0.29, 0.717) is 23.1 Å². The zero-order valence-electron chi connectivity index (χ0n) is 10.3. The fraction of sp³-hybridized carbons (Fsp3) is 0.250. The summed E-state index contributed by atoms with van der Waals surface area (Å²) in [5, 5.41) is 3.63. The molecule has 19 heavy (non-hydrogen) atoms. The quantitative estimate of drug-likeness (QED) is 0.870. The molecule has 0 atom stereocenters. The lowest BCUT2D eigenvalue weighted by Gasteiger charge is -2.05. The number of hydrogen-bond donors (Lipinski definition) is 0. The Labute approximate surface area is 109 Å². The summed E-state index contributed by atoms with van der Waals surface area (Å²) in [4.78, 5) is -0.660. The van der Waals surface area contributed by atoms with Crippen LogP contribution < -0.4 is 0 Å². The molecule has 0 spiro atoms. The summed E-state index contributed by atoms with van der Waals surface area (Å²) >= 11 is 0. The summed E-state index contributed by atoms with van der Waals surface area (Å²) < 4.78 is 55.6. The van der Waals surface area contributed by atoms with Crippen LogP contribution in [-0.4, -0.2) is 13.6 Å². The van der Waals surface area contributed by atoms with Crippen LogP contribution in [0.2, 0.25) is 0 Å². The first kappa shape index (κ1) is 13.7. The van der Waals surface area contributed by atoms with Gasteiger partial charge in [0.2, 0.25) is 0 Å². The summed E-state index contributed by atoms with van der Waals surface area (Å²) in [6.45, 7) is 3.15. The summed E-state index contributed by atoms with van der Waals surface area (Å²) in [6, 6.07) is 2.32. The summed E-state index contributed by atoms with van der Waals surface area (Å²) in [5.74, 6) is -1.92. The minimum Gasteiger partial charge on any atom is -0.361 e. The minimum absolute atomic E-state index is 0.345. The number of aryl methyl sites for hydroxylation is 2. The van der Waals surface area contributed by atoms with Gasteiger partial charge in [0.1, 0.15) is 22.3 Å². The topological polar surface area (TPSA) is 60.2 Å². The largest absolute Gasteiger partial charge is 0.361 e. The molecule has 1 heterocycles. The molecule has 0 saturated carbocycles. The molecule has 0 radical (unpaired) electrons. The Kier molecular flexibility index (Phi) is 3.40. The van der Waals surface area contributed by atoms with Crippen LogP contribution in [0.5, 0.6) is 0 Å². The maximum absolute atomic E-state index is 13.5. The van der Waals surface area contributed by atoms with E-state index in [1.165, 1.54) is 0 Å². The number of halogens is 2. The van der Waals surface area contributed by atoms with Crippen molar-refractivity contribution < 1.29 is 21.7 Å². The Morgan fingerprint density at radius 2 is 1.95 bits per heavy atom. The highest BCUT2D eigenvalue weighted by atomic mass is 32.2. The van der Waals surface area contributed by atoms with Crippen molar-refractivity contribution in [1.29, 1.82) is 0 Å². The highest BCUT2D eigenvalue weighted by molar-refractivity contribution is 7.90. The zero-order valence-corrected chi connectivity index (χ0v) is 11.1. The first-order valence-corrected chi connectivity index (χ1v) is 7.06. The predicted molar refractivity (Wildman–Crippen MR) is 63.2 cm³/mol. The maximum atomic E-state index is 13.5. The molecular formula is C12H11F2NO3S. The molecule has 2 aromatic rings. The van der Waals surface area contributed by atoms with Gasteiger partial charge in [-0.25, -0.2) is 17.2 Å². The number of nitrogens with zero attached hydrogens (tertiary/aromatic N) is 1. The van der Waals surface area contributed by atoms with E-state index in [4.69, 9.17) is 4.52 Å². The van der Waals surface area contributed by atoms with Crippen LogP contribution in [0.25, 0.3) is 0 Å². The lowest BCUT2D eigenvalue weighted by molar-refractivity contribution is 0.392. The van der Waals surface area contributed by atoms with Gasteiger partial charge >= 0.3 is 0 Å². The third-order valence-electron chi connectivity index (χ3n) is 2.74. The normalized spacial score (nSPS) is 11.8. The summed E-state index contributed by atoms with van der Waals surface area (Å²) in [5.41, 5.74) is 0.779. The van der Waals surface area contributed by atoms with Crippen molar-refractivity contribution in [3.63, 3.8) is 0 Å². The van der Waals surface area contributed by atoms with Gasteiger partial charge in [-0.3, -0.25) is 0 Å². The van der Waals surface area contributed by atoms with Gasteiger partial charge in [0, 0.05) is 5.56 Å². The second kappa shape index (κ2) is 4.73. The van der Waals surface area contributed by atoms with Crippen molar-refractivity contribution in [2.24, 2.45) is 0 Å². The number of rotatable bonds is 3. The predicted octanol–water partition coefficient (Wildman–Crippen LogP) is 2.54. The van der Waals surface area contributed by atoms with Crippen molar-refractivity contribution >= 4 is 9.84 Å². The number of aromatic nitrogens is 1. The van der Waals surface area contributed by atoms with Crippen molar-refractivity contribution in [2.45, 2.75) is 24.5 Å². The van der Waals surface area contributed by atoms with Crippen LogP contribution in [0.3, 0.4) is 0 Å². The van der Waals surface area contributed by atoms with Gasteiger partial charge in [0.25, 0.3) is 0 Å². The molecule has 0 amide bonds. The van der Waals surface area contributed by atoms with E-state index in [-0.39, 0.29) is 0 Å². The minimum atomic E-state index is -4.00. The average Bonchev–Trinajstić information content (AvgIpc) is 2.63. The maximum Gasteiger partial charge on any atom is 0.185 e.